The van der Waals surface area contributed by atoms with Crippen molar-refractivity contribution in [1.29, 1.82) is 5.26 Å². The van der Waals surface area contributed by atoms with Gasteiger partial charge in [0.15, 0.2) is 5.12 Å². The molecule has 0 aliphatic rings. The number of nitrogen functional groups attached to an aromatic ring is 1. The Balaban J connectivity index is 2.74. The highest BCUT2D eigenvalue weighted by molar-refractivity contribution is 8.13. The third kappa shape index (κ3) is 4.56. The molecule has 1 rings (SSSR count). The zero-order valence-corrected chi connectivity index (χ0v) is 11.4. The molecule has 1 aromatic carbocycles. The second-order valence-corrected chi connectivity index (χ2v) is 5.37. The summed E-state index contributed by atoms with van der Waals surface area (Å²) in [6.07, 6.45) is -1.92. The maximum atomic E-state index is 10.8. The second kappa shape index (κ2) is 7.14. The van der Waals surface area contributed by atoms with Crippen LogP contribution in [0, 0.1) is 11.3 Å². The molecule has 0 bridgehead atoms. The van der Waals surface area contributed by atoms with Gasteiger partial charge in [-0.2, -0.15) is 5.26 Å². The van der Waals surface area contributed by atoms with Crippen LogP contribution in [-0.2, 0) is 4.79 Å². The average Bonchev–Trinajstić information content (AvgIpc) is 2.37. The number of hydrogen-bond acceptors (Lipinski definition) is 6. The lowest BCUT2D eigenvalue weighted by atomic mass is 9.97. The number of benzene rings is 1. The number of nitrogens with zero attached hydrogens (tertiary/aromatic N) is 1. The molecule has 102 valence electrons. The summed E-state index contributed by atoms with van der Waals surface area (Å²) in [5.41, 5.74) is 6.57. The van der Waals surface area contributed by atoms with Gasteiger partial charge >= 0.3 is 0 Å². The van der Waals surface area contributed by atoms with Gasteiger partial charge in [0, 0.05) is 23.9 Å². The molecule has 0 heterocycles. The van der Waals surface area contributed by atoms with E-state index >= 15 is 0 Å². The molecule has 0 aliphatic carbocycles. The standard InChI is InChI=1S/C13H16N2O3S/c1-8(16)19-5-4-12(17)13(18)11-3-2-10(15)6-9(11)7-14/h2-3,6,12-13,17-18H,4-5,15H2,1H3. The molecule has 0 amide bonds. The van der Waals surface area contributed by atoms with Crippen molar-refractivity contribution in [3.63, 3.8) is 0 Å². The SMILES string of the molecule is CC(=O)SCCC(O)C(O)c1ccc(N)cc1C#N. The van der Waals surface area contributed by atoms with E-state index in [1.807, 2.05) is 6.07 Å². The minimum atomic E-state index is -1.16. The van der Waals surface area contributed by atoms with Gasteiger partial charge in [0.05, 0.1) is 17.7 Å². The van der Waals surface area contributed by atoms with Crippen molar-refractivity contribution < 1.29 is 15.0 Å². The lowest BCUT2D eigenvalue weighted by Gasteiger charge is -2.19. The van der Waals surface area contributed by atoms with Gasteiger partial charge in [0.2, 0.25) is 0 Å². The average molecular weight is 280 g/mol. The Morgan fingerprint density at radius 2 is 2.21 bits per heavy atom. The largest absolute Gasteiger partial charge is 0.399 e. The van der Waals surface area contributed by atoms with Crippen molar-refractivity contribution in [3.05, 3.63) is 29.3 Å². The summed E-state index contributed by atoms with van der Waals surface area (Å²) in [5.74, 6) is 0.421. The number of carbonyl (C=O) groups is 1. The van der Waals surface area contributed by atoms with Crippen LogP contribution in [0.15, 0.2) is 18.2 Å². The Morgan fingerprint density at radius 1 is 1.53 bits per heavy atom. The van der Waals surface area contributed by atoms with Crippen LogP contribution in [0.4, 0.5) is 5.69 Å². The van der Waals surface area contributed by atoms with Crippen molar-refractivity contribution in [2.24, 2.45) is 0 Å². The molecule has 2 atom stereocenters. The van der Waals surface area contributed by atoms with Gasteiger partial charge in [-0.15, -0.1) is 0 Å². The molecule has 0 aromatic heterocycles. The highest BCUT2D eigenvalue weighted by Crippen LogP contribution is 2.25. The van der Waals surface area contributed by atoms with Crippen LogP contribution >= 0.6 is 11.8 Å². The van der Waals surface area contributed by atoms with E-state index in [-0.39, 0.29) is 17.1 Å². The van der Waals surface area contributed by atoms with Crippen molar-refractivity contribution in [3.8, 4) is 6.07 Å². The van der Waals surface area contributed by atoms with E-state index in [0.29, 0.717) is 17.0 Å². The molecule has 5 nitrogen and oxygen atoms in total. The minimum absolute atomic E-state index is 0.0353. The number of anilines is 1. The van der Waals surface area contributed by atoms with Crippen LogP contribution in [0.1, 0.15) is 30.6 Å². The summed E-state index contributed by atoms with van der Waals surface area (Å²) in [5, 5.41) is 28.8. The smallest absolute Gasteiger partial charge is 0.185 e. The number of aliphatic hydroxyl groups is 2. The Labute approximate surface area is 116 Å². The maximum Gasteiger partial charge on any atom is 0.185 e. The first kappa shape index (κ1) is 15.5. The first-order valence-electron chi connectivity index (χ1n) is 5.74. The Morgan fingerprint density at radius 3 is 2.79 bits per heavy atom. The van der Waals surface area contributed by atoms with E-state index in [4.69, 9.17) is 11.0 Å². The van der Waals surface area contributed by atoms with E-state index < -0.39 is 12.2 Å². The Bertz CT molecular complexity index is 499. The lowest BCUT2D eigenvalue weighted by molar-refractivity contribution is -0.109. The van der Waals surface area contributed by atoms with Crippen LogP contribution in [0.3, 0.4) is 0 Å². The zero-order valence-electron chi connectivity index (χ0n) is 10.5. The summed E-state index contributed by atoms with van der Waals surface area (Å²) in [7, 11) is 0. The Hall–Kier alpha value is -1.55. The highest BCUT2D eigenvalue weighted by Gasteiger charge is 2.21. The quantitative estimate of drug-likeness (QED) is 0.700. The second-order valence-electron chi connectivity index (χ2n) is 4.10. The van der Waals surface area contributed by atoms with E-state index in [2.05, 4.69) is 0 Å². The summed E-state index contributed by atoms with van der Waals surface area (Å²) < 4.78 is 0. The summed E-state index contributed by atoms with van der Waals surface area (Å²) >= 11 is 1.09. The fourth-order valence-corrected chi connectivity index (χ4v) is 2.26. The summed E-state index contributed by atoms with van der Waals surface area (Å²) in [6, 6.07) is 6.48. The van der Waals surface area contributed by atoms with Crippen molar-refractivity contribution in [2.45, 2.75) is 25.6 Å². The van der Waals surface area contributed by atoms with Gasteiger partial charge in [-0.3, -0.25) is 4.79 Å². The van der Waals surface area contributed by atoms with E-state index in [1.165, 1.54) is 19.1 Å². The van der Waals surface area contributed by atoms with Gasteiger partial charge in [-0.1, -0.05) is 17.8 Å². The van der Waals surface area contributed by atoms with Crippen LogP contribution in [0.25, 0.3) is 0 Å². The highest BCUT2D eigenvalue weighted by atomic mass is 32.2. The number of carbonyl (C=O) groups excluding carboxylic acids is 1. The number of thioether (sulfide) groups is 1. The number of rotatable bonds is 5. The van der Waals surface area contributed by atoms with Crippen LogP contribution < -0.4 is 5.73 Å². The molecule has 6 heteroatoms. The molecular weight excluding hydrogens is 264 g/mol. The van der Waals surface area contributed by atoms with E-state index in [1.54, 1.807) is 6.07 Å². The van der Waals surface area contributed by atoms with Crippen molar-refractivity contribution in [2.75, 3.05) is 11.5 Å². The topological polar surface area (TPSA) is 107 Å². The van der Waals surface area contributed by atoms with Gasteiger partial charge < -0.3 is 15.9 Å². The minimum Gasteiger partial charge on any atom is -0.399 e. The van der Waals surface area contributed by atoms with E-state index in [0.717, 1.165) is 11.8 Å². The number of aliphatic hydroxyl groups excluding tert-OH is 2. The zero-order chi connectivity index (χ0) is 14.4. The first-order valence-corrected chi connectivity index (χ1v) is 6.73. The third-order valence-electron chi connectivity index (χ3n) is 2.60. The lowest BCUT2D eigenvalue weighted by Crippen LogP contribution is -2.20. The van der Waals surface area contributed by atoms with Crippen molar-refractivity contribution in [1.82, 2.24) is 0 Å². The number of hydrogen-bond donors (Lipinski definition) is 3. The van der Waals surface area contributed by atoms with Crippen LogP contribution in [-0.4, -0.2) is 27.2 Å². The fourth-order valence-electron chi connectivity index (χ4n) is 1.62. The first-order chi connectivity index (χ1) is 8.95. The van der Waals surface area contributed by atoms with Gasteiger partial charge in [0.25, 0.3) is 0 Å². The normalized spacial score (nSPS) is 13.6. The molecule has 1 aromatic rings. The fraction of sp³-hybridized carbons (Fsp3) is 0.385. The molecular formula is C13H16N2O3S. The molecule has 0 saturated heterocycles. The molecule has 0 spiro atoms. The molecule has 0 saturated carbocycles. The summed E-state index contributed by atoms with van der Waals surface area (Å²) in [4.78, 5) is 10.8. The predicted molar refractivity (Wildman–Crippen MR) is 74.3 cm³/mol. The molecule has 0 radical (unpaired) electrons. The molecule has 4 N–H and O–H groups in total. The molecule has 0 aliphatic heterocycles. The monoisotopic (exact) mass is 280 g/mol. The maximum absolute atomic E-state index is 10.8. The number of nitriles is 1. The van der Waals surface area contributed by atoms with Crippen LogP contribution in [0.2, 0.25) is 0 Å². The number of nitrogens with two attached hydrogens (primary N) is 1. The van der Waals surface area contributed by atoms with Gasteiger partial charge in [-0.05, 0) is 18.6 Å². The molecule has 0 fully saturated rings. The van der Waals surface area contributed by atoms with Gasteiger partial charge in [-0.25, -0.2) is 0 Å². The summed E-state index contributed by atoms with van der Waals surface area (Å²) in [6.45, 7) is 1.45. The molecule has 2 unspecified atom stereocenters. The predicted octanol–water partition coefficient (Wildman–Crippen LogP) is 1.20. The Kier molecular flexibility index (Phi) is 5.83. The van der Waals surface area contributed by atoms with Gasteiger partial charge in [0.1, 0.15) is 6.10 Å². The van der Waals surface area contributed by atoms with Crippen LogP contribution in [0.5, 0.6) is 0 Å². The van der Waals surface area contributed by atoms with E-state index in [9.17, 15) is 15.0 Å². The molecule has 19 heavy (non-hydrogen) atoms. The third-order valence-corrected chi connectivity index (χ3v) is 3.45. The van der Waals surface area contributed by atoms with Crippen molar-refractivity contribution >= 4 is 22.6 Å².